The second-order valence-electron chi connectivity index (χ2n) is 7.11. The molecular formula is C19H24N2O5. The lowest BCUT2D eigenvalue weighted by Crippen LogP contribution is -2.51. The lowest BCUT2D eigenvalue weighted by Gasteiger charge is -2.39. The Bertz CT molecular complexity index is 719. The maximum absolute atomic E-state index is 13.1. The maximum Gasteiger partial charge on any atom is 0.251 e. The molecule has 2 amide bonds. The Kier molecular flexibility index (Phi) is 4.46. The number of piperidine rings is 1. The van der Waals surface area contributed by atoms with Crippen molar-refractivity contribution in [3.05, 3.63) is 23.8 Å². The zero-order chi connectivity index (χ0) is 18.3. The Balaban J connectivity index is 1.52. The number of carbonyl (C=O) groups excluding carboxylic acids is 2. The number of likely N-dealkylation sites (tertiary alicyclic amines) is 1. The number of ether oxygens (including phenoxy) is 3. The molecule has 7 nitrogen and oxygen atoms in total. The molecule has 3 heterocycles. The zero-order valence-corrected chi connectivity index (χ0v) is 15.2. The van der Waals surface area contributed by atoms with Crippen LogP contribution in [-0.2, 0) is 19.1 Å². The molecule has 0 aliphatic carbocycles. The second-order valence-corrected chi connectivity index (χ2v) is 7.11. The first-order valence-electron chi connectivity index (χ1n) is 9.06. The summed E-state index contributed by atoms with van der Waals surface area (Å²) >= 11 is 0. The van der Waals surface area contributed by atoms with Gasteiger partial charge in [-0.2, -0.15) is 0 Å². The summed E-state index contributed by atoms with van der Waals surface area (Å²) in [5.74, 6) is -0.314. The van der Waals surface area contributed by atoms with E-state index in [-0.39, 0.29) is 18.2 Å². The van der Waals surface area contributed by atoms with Gasteiger partial charge in [0.15, 0.2) is 5.79 Å². The van der Waals surface area contributed by atoms with E-state index >= 15 is 0 Å². The highest BCUT2D eigenvalue weighted by atomic mass is 16.7. The number of imide groups is 1. The van der Waals surface area contributed by atoms with E-state index in [0.29, 0.717) is 37.7 Å². The number of amides is 2. The van der Waals surface area contributed by atoms with Crippen LogP contribution in [0, 0.1) is 6.92 Å². The molecule has 7 heteroatoms. The summed E-state index contributed by atoms with van der Waals surface area (Å²) in [5, 5.41) is 0. The highest BCUT2D eigenvalue weighted by Gasteiger charge is 2.47. The molecule has 3 fully saturated rings. The number of nitrogens with zero attached hydrogens (tertiary/aromatic N) is 2. The van der Waals surface area contributed by atoms with Crippen molar-refractivity contribution >= 4 is 17.5 Å². The van der Waals surface area contributed by atoms with E-state index in [1.54, 1.807) is 13.2 Å². The molecular weight excluding hydrogens is 336 g/mol. The molecule has 1 aromatic rings. The minimum atomic E-state index is -0.485. The Morgan fingerprint density at radius 1 is 1.15 bits per heavy atom. The van der Waals surface area contributed by atoms with Gasteiger partial charge < -0.3 is 14.2 Å². The molecule has 0 unspecified atom stereocenters. The molecule has 0 N–H and O–H groups in total. The summed E-state index contributed by atoms with van der Waals surface area (Å²) in [7, 11) is 1.54. The average Bonchev–Trinajstić information content (AvgIpc) is 3.20. The molecule has 140 valence electrons. The van der Waals surface area contributed by atoms with Gasteiger partial charge in [0.05, 0.1) is 38.5 Å². The van der Waals surface area contributed by atoms with E-state index in [1.165, 1.54) is 4.90 Å². The van der Waals surface area contributed by atoms with Gasteiger partial charge in [-0.1, -0.05) is 6.07 Å². The molecule has 1 atom stereocenters. The fourth-order valence-corrected chi connectivity index (χ4v) is 4.09. The van der Waals surface area contributed by atoms with Crippen molar-refractivity contribution in [1.82, 2.24) is 4.90 Å². The summed E-state index contributed by atoms with van der Waals surface area (Å²) < 4.78 is 16.9. The van der Waals surface area contributed by atoms with Crippen LogP contribution in [0.2, 0.25) is 0 Å². The van der Waals surface area contributed by atoms with Gasteiger partial charge in [0, 0.05) is 25.9 Å². The molecule has 3 aliphatic rings. The van der Waals surface area contributed by atoms with E-state index in [9.17, 15) is 9.59 Å². The van der Waals surface area contributed by atoms with Crippen molar-refractivity contribution < 1.29 is 23.8 Å². The third kappa shape index (κ3) is 2.90. The van der Waals surface area contributed by atoms with Crippen LogP contribution in [0.5, 0.6) is 5.75 Å². The molecule has 0 radical (unpaired) electrons. The fourth-order valence-electron chi connectivity index (χ4n) is 4.09. The monoisotopic (exact) mass is 360 g/mol. The number of carbonyl (C=O) groups is 2. The molecule has 0 aromatic heterocycles. The number of methoxy groups -OCH3 is 1. The van der Waals surface area contributed by atoms with Gasteiger partial charge in [0.2, 0.25) is 5.91 Å². The van der Waals surface area contributed by atoms with Crippen LogP contribution in [0.4, 0.5) is 5.69 Å². The SMILES string of the molecule is COc1ccc(C)cc1N1C(=O)C[C@@H](N2CCC3(CC2)OCCO3)C1=O. The van der Waals surface area contributed by atoms with Crippen LogP contribution in [0.1, 0.15) is 24.8 Å². The Hall–Kier alpha value is -1.96. The van der Waals surface area contributed by atoms with E-state index < -0.39 is 11.8 Å². The van der Waals surface area contributed by atoms with Crippen LogP contribution >= 0.6 is 0 Å². The molecule has 1 spiro atoms. The molecule has 3 saturated heterocycles. The number of rotatable bonds is 3. The minimum absolute atomic E-state index is 0.178. The standard InChI is InChI=1S/C19H24N2O5/c1-13-3-4-16(24-2)14(11-13)21-17(22)12-15(18(21)23)20-7-5-19(6-8-20)25-9-10-26-19/h3-4,11,15H,5-10,12H2,1-2H3/t15-/m1/s1. The number of aryl methyl sites for hydroxylation is 1. The van der Waals surface area contributed by atoms with Gasteiger partial charge >= 0.3 is 0 Å². The predicted octanol–water partition coefficient (Wildman–Crippen LogP) is 1.47. The van der Waals surface area contributed by atoms with Gasteiger partial charge in [-0.15, -0.1) is 0 Å². The first-order chi connectivity index (χ1) is 12.5. The van der Waals surface area contributed by atoms with Crippen LogP contribution in [0.25, 0.3) is 0 Å². The van der Waals surface area contributed by atoms with Crippen molar-refractivity contribution in [1.29, 1.82) is 0 Å². The molecule has 26 heavy (non-hydrogen) atoms. The summed E-state index contributed by atoms with van der Waals surface area (Å²) in [6.45, 7) is 4.55. The number of benzene rings is 1. The van der Waals surface area contributed by atoms with Crippen molar-refractivity contribution in [2.24, 2.45) is 0 Å². The predicted molar refractivity (Wildman–Crippen MR) is 94.1 cm³/mol. The highest BCUT2D eigenvalue weighted by molar-refractivity contribution is 6.23. The minimum Gasteiger partial charge on any atom is -0.495 e. The summed E-state index contributed by atoms with van der Waals surface area (Å²) in [6, 6.07) is 5.09. The largest absolute Gasteiger partial charge is 0.495 e. The fraction of sp³-hybridized carbons (Fsp3) is 0.579. The summed E-state index contributed by atoms with van der Waals surface area (Å²) in [4.78, 5) is 29.1. The Morgan fingerprint density at radius 3 is 2.50 bits per heavy atom. The normalized spacial score (nSPS) is 26.1. The van der Waals surface area contributed by atoms with Crippen molar-refractivity contribution in [3.8, 4) is 5.75 Å². The van der Waals surface area contributed by atoms with E-state index in [4.69, 9.17) is 14.2 Å². The number of hydrogen-bond donors (Lipinski definition) is 0. The maximum atomic E-state index is 13.1. The van der Waals surface area contributed by atoms with Gasteiger partial charge in [-0.25, -0.2) is 4.90 Å². The van der Waals surface area contributed by atoms with Crippen molar-refractivity contribution in [2.75, 3.05) is 38.3 Å². The van der Waals surface area contributed by atoms with Crippen LogP contribution < -0.4 is 9.64 Å². The van der Waals surface area contributed by atoms with Gasteiger partial charge in [0.1, 0.15) is 5.75 Å². The third-order valence-electron chi connectivity index (χ3n) is 5.51. The zero-order valence-electron chi connectivity index (χ0n) is 15.2. The molecule has 1 aromatic carbocycles. The smallest absolute Gasteiger partial charge is 0.251 e. The van der Waals surface area contributed by atoms with Gasteiger partial charge in [-0.05, 0) is 24.6 Å². The van der Waals surface area contributed by atoms with Crippen molar-refractivity contribution in [2.45, 2.75) is 38.0 Å². The van der Waals surface area contributed by atoms with Crippen LogP contribution in [0.15, 0.2) is 18.2 Å². The number of hydrogen-bond acceptors (Lipinski definition) is 6. The average molecular weight is 360 g/mol. The second kappa shape index (κ2) is 6.64. The van der Waals surface area contributed by atoms with Gasteiger partial charge in [0.25, 0.3) is 5.91 Å². The van der Waals surface area contributed by atoms with Crippen LogP contribution in [-0.4, -0.2) is 62.0 Å². The van der Waals surface area contributed by atoms with E-state index in [1.807, 2.05) is 19.1 Å². The topological polar surface area (TPSA) is 68.3 Å². The first kappa shape index (κ1) is 17.5. The summed E-state index contributed by atoms with van der Waals surface area (Å²) in [6.07, 6.45) is 1.64. The highest BCUT2D eigenvalue weighted by Crippen LogP contribution is 2.37. The van der Waals surface area contributed by atoms with Gasteiger partial charge in [-0.3, -0.25) is 14.5 Å². The molecule has 4 rings (SSSR count). The lowest BCUT2D eigenvalue weighted by molar-refractivity contribution is -0.188. The molecule has 0 saturated carbocycles. The molecule has 0 bridgehead atoms. The Morgan fingerprint density at radius 2 is 1.85 bits per heavy atom. The first-order valence-corrected chi connectivity index (χ1v) is 9.06. The van der Waals surface area contributed by atoms with Crippen molar-refractivity contribution in [3.63, 3.8) is 0 Å². The van der Waals surface area contributed by atoms with E-state index in [2.05, 4.69) is 4.90 Å². The third-order valence-corrected chi connectivity index (χ3v) is 5.51. The molecule has 3 aliphatic heterocycles. The Labute approximate surface area is 152 Å². The number of anilines is 1. The summed E-state index contributed by atoms with van der Waals surface area (Å²) in [5.41, 5.74) is 1.50. The van der Waals surface area contributed by atoms with Crippen LogP contribution in [0.3, 0.4) is 0 Å². The lowest BCUT2D eigenvalue weighted by atomic mass is 10.0. The quantitative estimate of drug-likeness (QED) is 0.761. The van der Waals surface area contributed by atoms with E-state index in [0.717, 1.165) is 18.4 Å².